The number of benzene rings is 5. The van der Waals surface area contributed by atoms with Gasteiger partial charge in [0.2, 0.25) is 23.7 Å². The van der Waals surface area contributed by atoms with Gasteiger partial charge in [0.05, 0.1) is 75.7 Å². The number of likely N-dealkylation sites (N-methyl/N-ethyl adjacent to an activating group) is 2. The average molecular weight is 1270 g/mol. The number of amides is 3. The standard InChI is InChI=1S/C68H83ClFN9O10S/c1-44(71-3)59(82)42-53(46-13-6-5-7-14-46)67(84)79-24-12-19-58(79)66-73-57(43-90-66)51-20-21-60(52-18-11-10-17-50(51)52)89-38-37-88-36-35-87-34-33-86-32-31-85-30-29-76(4)61(83)22-23-72-68-74-64-55(65(75-68)78-27-25-77(26-28-78)45(2)80)41-56(69)62(63(64)70)54-40-48(81)39-47-15-8-9-16-49(47)54/h8-11,15-18,20-21,39-41,43-44,46,53,58,71,81H,5-7,12-14,19,22-38,42H2,1-4H3,(H,72,74,75)/t44-,53-,58-/m0/s1. The first kappa shape index (κ1) is 65.8. The minimum absolute atomic E-state index is 0.0239. The summed E-state index contributed by atoms with van der Waals surface area (Å²) >= 11 is 8.49. The predicted octanol–water partition coefficient (Wildman–Crippen LogP) is 10.7. The molecule has 2 aliphatic heterocycles. The minimum atomic E-state index is -0.677. The van der Waals surface area contributed by atoms with Crippen molar-refractivity contribution >= 4 is 90.7 Å². The number of likely N-dealkylation sites (tertiary alicyclic amines) is 1. The van der Waals surface area contributed by atoms with Crippen molar-refractivity contribution in [1.29, 1.82) is 0 Å². The highest BCUT2D eigenvalue weighted by atomic mass is 35.5. The van der Waals surface area contributed by atoms with Crippen molar-refractivity contribution in [2.75, 3.05) is 130 Å². The van der Waals surface area contributed by atoms with E-state index in [0.717, 1.165) is 76.7 Å². The lowest BCUT2D eigenvalue weighted by molar-refractivity contribution is -0.141. The van der Waals surface area contributed by atoms with Gasteiger partial charge in [-0.15, -0.1) is 11.3 Å². The van der Waals surface area contributed by atoms with Crippen molar-refractivity contribution < 1.29 is 52.4 Å². The number of phenols is 1. The molecule has 90 heavy (non-hydrogen) atoms. The number of ketones is 1. The number of nitrogens with one attached hydrogen (secondary N) is 2. The molecule has 5 aromatic carbocycles. The zero-order valence-electron chi connectivity index (χ0n) is 52.0. The van der Waals surface area contributed by atoms with Gasteiger partial charge in [-0.05, 0) is 97.6 Å². The number of halogens is 2. The lowest BCUT2D eigenvalue weighted by Gasteiger charge is -2.35. The van der Waals surface area contributed by atoms with Crippen LogP contribution in [0.25, 0.3) is 54.8 Å². The van der Waals surface area contributed by atoms with E-state index in [-0.39, 0.29) is 94.6 Å². The van der Waals surface area contributed by atoms with Crippen LogP contribution in [-0.4, -0.2) is 184 Å². The third-order valence-corrected chi connectivity index (χ3v) is 18.8. The normalized spacial score (nSPS) is 16.3. The molecule has 0 spiro atoms. The molecule has 3 aliphatic rings. The SMILES string of the molecule is CN[C@@H](C)C(=O)C[C@H](C(=O)N1CCC[C@H]1c1nc(-c2ccc(OCCOCCOCCOCCOCCN(C)C(=O)CCNc3nc(N4CCN(C(C)=O)CC4)c4cc(Cl)c(-c5cc(O)cc6ccccc56)c(F)c4n3)c3ccccc23)cs1)C1CCCCC1. The van der Waals surface area contributed by atoms with E-state index in [1.807, 2.05) is 59.2 Å². The Kier molecular flexibility index (Phi) is 23.2. The fraction of sp³-hybridized carbons (Fsp3) is 0.485. The Morgan fingerprint density at radius 3 is 2.16 bits per heavy atom. The van der Waals surface area contributed by atoms with Crippen LogP contribution in [0.2, 0.25) is 5.02 Å². The summed E-state index contributed by atoms with van der Waals surface area (Å²) in [5.41, 5.74) is 2.41. The maximum Gasteiger partial charge on any atom is 0.227 e. The smallest absolute Gasteiger partial charge is 0.227 e. The number of hydrogen-bond acceptors (Lipinski definition) is 17. The summed E-state index contributed by atoms with van der Waals surface area (Å²) in [4.78, 5) is 74.9. The largest absolute Gasteiger partial charge is 0.508 e. The maximum absolute atomic E-state index is 17.0. The number of aromatic hydroxyl groups is 1. The molecule has 2 saturated heterocycles. The Labute approximate surface area is 534 Å². The number of rotatable bonds is 30. The summed E-state index contributed by atoms with van der Waals surface area (Å²) in [5, 5.41) is 23.8. The molecule has 19 nitrogen and oxygen atoms in total. The molecule has 3 N–H and O–H groups in total. The number of nitrogens with zero attached hydrogens (tertiary/aromatic N) is 7. The number of thiazole rings is 1. The summed E-state index contributed by atoms with van der Waals surface area (Å²) in [6.07, 6.45) is 7.58. The van der Waals surface area contributed by atoms with Crippen LogP contribution in [0, 0.1) is 17.7 Å². The molecule has 0 radical (unpaired) electrons. The molecule has 480 valence electrons. The van der Waals surface area contributed by atoms with Gasteiger partial charge >= 0.3 is 0 Å². The highest BCUT2D eigenvalue weighted by molar-refractivity contribution is 7.10. The lowest BCUT2D eigenvalue weighted by atomic mass is 9.76. The Morgan fingerprint density at radius 2 is 1.44 bits per heavy atom. The van der Waals surface area contributed by atoms with Crippen LogP contribution in [0.5, 0.6) is 11.5 Å². The van der Waals surface area contributed by atoms with Crippen molar-refractivity contribution in [2.45, 2.75) is 83.7 Å². The third kappa shape index (κ3) is 16.1. The van der Waals surface area contributed by atoms with E-state index in [9.17, 15) is 24.3 Å². The summed E-state index contributed by atoms with van der Waals surface area (Å²) in [6, 6.07) is 23.9. The number of ether oxygens (including phenoxy) is 5. The van der Waals surface area contributed by atoms with Gasteiger partial charge in [-0.2, -0.15) is 4.98 Å². The monoisotopic (exact) mass is 1270 g/mol. The first-order chi connectivity index (χ1) is 43.8. The van der Waals surface area contributed by atoms with Gasteiger partial charge in [0.1, 0.15) is 40.2 Å². The average Bonchev–Trinajstić information content (AvgIpc) is 0.911. The molecule has 2 aromatic heterocycles. The van der Waals surface area contributed by atoms with Crippen molar-refractivity contribution in [2.24, 2.45) is 11.8 Å². The fourth-order valence-electron chi connectivity index (χ4n) is 12.5. The van der Waals surface area contributed by atoms with Gasteiger partial charge in [0, 0.05) is 106 Å². The van der Waals surface area contributed by atoms with Gasteiger partial charge in [-0.1, -0.05) is 79.4 Å². The number of Topliss-reactive ketones (excluding diaryl/α,β-unsaturated/α-hetero) is 1. The van der Waals surface area contributed by atoms with E-state index in [1.54, 1.807) is 47.4 Å². The van der Waals surface area contributed by atoms with Crippen molar-refractivity contribution in [1.82, 2.24) is 35.0 Å². The molecule has 1 saturated carbocycles. The second kappa shape index (κ2) is 31.8. The number of carbonyl (C=O) groups excluding carboxylic acids is 4. The van der Waals surface area contributed by atoms with Crippen LogP contribution in [0.3, 0.4) is 0 Å². The van der Waals surface area contributed by atoms with Gasteiger partial charge < -0.3 is 59.0 Å². The van der Waals surface area contributed by atoms with Crippen molar-refractivity contribution in [3.8, 4) is 33.9 Å². The maximum atomic E-state index is 17.0. The zero-order valence-corrected chi connectivity index (χ0v) is 53.6. The highest BCUT2D eigenvalue weighted by Crippen LogP contribution is 2.44. The molecule has 10 rings (SSSR count). The number of fused-ring (bicyclic) bond motifs is 3. The summed E-state index contributed by atoms with van der Waals surface area (Å²) in [5.74, 6) is 0.620. The first-order valence-corrected chi connectivity index (χ1v) is 32.9. The molecule has 3 amide bonds. The summed E-state index contributed by atoms with van der Waals surface area (Å²) < 4.78 is 46.2. The molecule has 0 bridgehead atoms. The van der Waals surface area contributed by atoms with Crippen LogP contribution in [0.15, 0.2) is 84.2 Å². The van der Waals surface area contributed by atoms with Crippen molar-refractivity contribution in [3.05, 3.63) is 100 Å². The number of piperazine rings is 1. The van der Waals surface area contributed by atoms with E-state index < -0.39 is 5.82 Å². The Bertz CT molecular complexity index is 3620. The lowest BCUT2D eigenvalue weighted by Crippen LogP contribution is -2.48. The quantitative estimate of drug-likeness (QED) is 0.0358. The van der Waals surface area contributed by atoms with Crippen LogP contribution in [0.4, 0.5) is 16.2 Å². The van der Waals surface area contributed by atoms with Gasteiger partial charge in [-0.25, -0.2) is 14.4 Å². The van der Waals surface area contributed by atoms with Gasteiger partial charge in [-0.3, -0.25) is 19.2 Å². The third-order valence-electron chi connectivity index (χ3n) is 17.6. The highest BCUT2D eigenvalue weighted by Gasteiger charge is 2.40. The van der Waals surface area contributed by atoms with Crippen LogP contribution in [-0.2, 0) is 38.1 Å². The summed E-state index contributed by atoms with van der Waals surface area (Å²) in [7, 11) is 3.50. The van der Waals surface area contributed by atoms with E-state index in [0.29, 0.717) is 121 Å². The fourth-order valence-corrected chi connectivity index (χ4v) is 13.7. The molecule has 4 heterocycles. The van der Waals surface area contributed by atoms with E-state index in [4.69, 9.17) is 45.3 Å². The molecule has 3 fully saturated rings. The van der Waals surface area contributed by atoms with Crippen LogP contribution >= 0.6 is 22.9 Å². The van der Waals surface area contributed by atoms with E-state index in [2.05, 4.69) is 39.2 Å². The molecular formula is C68H83ClFN9O10S. The number of phenolic OH excluding ortho intramolecular Hbond substituents is 1. The molecule has 0 unspecified atom stereocenters. The molecule has 7 aromatic rings. The second-order valence-corrected chi connectivity index (χ2v) is 24.7. The molecule has 22 heteroatoms. The van der Waals surface area contributed by atoms with E-state index >= 15 is 4.39 Å². The zero-order chi connectivity index (χ0) is 63.1. The van der Waals surface area contributed by atoms with E-state index in [1.165, 1.54) is 19.4 Å². The number of anilines is 2. The van der Waals surface area contributed by atoms with Crippen LogP contribution in [0.1, 0.15) is 82.7 Å². The molecular weight excluding hydrogens is 1190 g/mol. The predicted molar refractivity (Wildman–Crippen MR) is 350 cm³/mol. The summed E-state index contributed by atoms with van der Waals surface area (Å²) in [6.45, 7) is 9.82. The Balaban J connectivity index is 0.611. The Morgan fingerprint density at radius 1 is 0.767 bits per heavy atom. The Hall–Kier alpha value is -7.11. The topological polar surface area (TPSA) is 210 Å². The second-order valence-electron chi connectivity index (χ2n) is 23.4. The first-order valence-electron chi connectivity index (χ1n) is 31.6. The van der Waals surface area contributed by atoms with Gasteiger partial charge in [0.15, 0.2) is 5.82 Å². The van der Waals surface area contributed by atoms with Gasteiger partial charge in [0.25, 0.3) is 0 Å². The minimum Gasteiger partial charge on any atom is -0.508 e. The van der Waals surface area contributed by atoms with Crippen LogP contribution < -0.4 is 20.3 Å². The number of carbonyl (C=O) groups is 4. The number of aromatic nitrogens is 3. The molecule has 1 aliphatic carbocycles. The molecule has 3 atom stereocenters. The number of hydrogen-bond donors (Lipinski definition) is 3. The van der Waals surface area contributed by atoms with Crippen molar-refractivity contribution in [3.63, 3.8) is 0 Å².